The fraction of sp³-hybridized carbons (Fsp3) is 0.333. The van der Waals surface area contributed by atoms with Gasteiger partial charge in [0.2, 0.25) is 5.95 Å². The smallest absolute Gasteiger partial charge is 0.224 e. The zero-order valence-electron chi connectivity index (χ0n) is 12.4. The van der Waals surface area contributed by atoms with Crippen LogP contribution in [-0.4, -0.2) is 30.7 Å². The summed E-state index contributed by atoms with van der Waals surface area (Å²) in [5, 5.41) is 3.20. The monoisotopic (exact) mass is 350 g/mol. The molecule has 1 heterocycles. The minimum atomic E-state index is 0.629. The van der Waals surface area contributed by atoms with Crippen molar-refractivity contribution in [1.82, 2.24) is 9.97 Å². The number of hydrogen-bond acceptors (Lipinski definition) is 5. The first-order chi connectivity index (χ1) is 10.2. The molecule has 112 valence electrons. The number of rotatable bonds is 6. The Labute approximate surface area is 133 Å². The summed E-state index contributed by atoms with van der Waals surface area (Å²) in [4.78, 5) is 10.8. The molecule has 0 spiro atoms. The maximum absolute atomic E-state index is 5.26. The molecule has 1 aromatic heterocycles. The molecule has 21 heavy (non-hydrogen) atoms. The van der Waals surface area contributed by atoms with E-state index in [-0.39, 0.29) is 0 Å². The third-order valence-corrected chi connectivity index (χ3v) is 3.58. The SMILES string of the molecule is CCCNc1ncc(Br)c(N(C)c2cccc(OC)c2)n1. The molecule has 1 N–H and O–H groups in total. The minimum Gasteiger partial charge on any atom is -0.497 e. The van der Waals surface area contributed by atoms with Gasteiger partial charge in [-0.15, -0.1) is 0 Å². The zero-order chi connectivity index (χ0) is 15.2. The molecule has 0 amide bonds. The number of benzene rings is 1. The van der Waals surface area contributed by atoms with Gasteiger partial charge in [0.15, 0.2) is 5.82 Å². The molecule has 6 heteroatoms. The van der Waals surface area contributed by atoms with Gasteiger partial charge in [-0.3, -0.25) is 0 Å². The van der Waals surface area contributed by atoms with Crippen LogP contribution in [0.4, 0.5) is 17.5 Å². The van der Waals surface area contributed by atoms with Crippen LogP contribution in [0.1, 0.15) is 13.3 Å². The van der Waals surface area contributed by atoms with Crippen LogP contribution in [0.5, 0.6) is 5.75 Å². The highest BCUT2D eigenvalue weighted by Gasteiger charge is 2.12. The minimum absolute atomic E-state index is 0.629. The molecule has 0 atom stereocenters. The van der Waals surface area contributed by atoms with E-state index in [0.29, 0.717) is 5.95 Å². The van der Waals surface area contributed by atoms with Gasteiger partial charge in [0.25, 0.3) is 0 Å². The first kappa shape index (κ1) is 15.6. The lowest BCUT2D eigenvalue weighted by Gasteiger charge is -2.20. The molecule has 0 saturated heterocycles. The maximum atomic E-state index is 5.26. The van der Waals surface area contributed by atoms with Crippen LogP contribution in [0.2, 0.25) is 0 Å². The van der Waals surface area contributed by atoms with Crippen LogP contribution in [0.25, 0.3) is 0 Å². The third-order valence-electron chi connectivity index (χ3n) is 3.02. The Kier molecular flexibility index (Phi) is 5.38. The van der Waals surface area contributed by atoms with Gasteiger partial charge in [-0.1, -0.05) is 13.0 Å². The number of aromatic nitrogens is 2. The molecule has 2 rings (SSSR count). The van der Waals surface area contributed by atoms with Crippen molar-refractivity contribution in [3.05, 3.63) is 34.9 Å². The molecule has 0 aliphatic heterocycles. The van der Waals surface area contributed by atoms with Crippen molar-refractivity contribution in [1.29, 1.82) is 0 Å². The second-order valence-electron chi connectivity index (χ2n) is 4.55. The molecule has 0 unspecified atom stereocenters. The molecule has 0 saturated carbocycles. The fourth-order valence-electron chi connectivity index (χ4n) is 1.86. The van der Waals surface area contributed by atoms with Crippen LogP contribution in [0.3, 0.4) is 0 Å². The predicted molar refractivity (Wildman–Crippen MR) is 89.6 cm³/mol. The Balaban J connectivity index is 2.30. The van der Waals surface area contributed by atoms with Crippen LogP contribution < -0.4 is 15.0 Å². The Morgan fingerprint density at radius 1 is 1.38 bits per heavy atom. The molecule has 5 nitrogen and oxygen atoms in total. The van der Waals surface area contributed by atoms with E-state index in [1.807, 2.05) is 36.2 Å². The molecule has 1 aromatic carbocycles. The average Bonchev–Trinajstić information content (AvgIpc) is 2.53. The summed E-state index contributed by atoms with van der Waals surface area (Å²) in [6.45, 7) is 2.96. The van der Waals surface area contributed by atoms with Crippen molar-refractivity contribution in [2.75, 3.05) is 30.9 Å². The van der Waals surface area contributed by atoms with Crippen molar-refractivity contribution >= 4 is 33.4 Å². The largest absolute Gasteiger partial charge is 0.497 e. The van der Waals surface area contributed by atoms with E-state index >= 15 is 0 Å². The summed E-state index contributed by atoms with van der Waals surface area (Å²) in [6, 6.07) is 7.85. The Morgan fingerprint density at radius 2 is 2.19 bits per heavy atom. The van der Waals surface area contributed by atoms with Gasteiger partial charge < -0.3 is 15.0 Å². The summed E-state index contributed by atoms with van der Waals surface area (Å²) in [5.74, 6) is 2.25. The highest BCUT2D eigenvalue weighted by atomic mass is 79.9. The highest BCUT2D eigenvalue weighted by Crippen LogP contribution is 2.30. The van der Waals surface area contributed by atoms with Gasteiger partial charge in [0.05, 0.1) is 11.6 Å². The molecular formula is C15H19BrN4O. The average molecular weight is 351 g/mol. The third kappa shape index (κ3) is 3.85. The van der Waals surface area contributed by atoms with E-state index < -0.39 is 0 Å². The lowest BCUT2D eigenvalue weighted by molar-refractivity contribution is 0.415. The normalized spacial score (nSPS) is 10.3. The van der Waals surface area contributed by atoms with Gasteiger partial charge in [0.1, 0.15) is 5.75 Å². The number of methoxy groups -OCH3 is 1. The lowest BCUT2D eigenvalue weighted by Crippen LogP contribution is -2.14. The number of ether oxygens (including phenoxy) is 1. The Morgan fingerprint density at radius 3 is 2.90 bits per heavy atom. The topological polar surface area (TPSA) is 50.3 Å². The zero-order valence-corrected chi connectivity index (χ0v) is 14.0. The van der Waals surface area contributed by atoms with Crippen LogP contribution >= 0.6 is 15.9 Å². The first-order valence-electron chi connectivity index (χ1n) is 6.80. The molecule has 0 bridgehead atoms. The quantitative estimate of drug-likeness (QED) is 0.857. The van der Waals surface area contributed by atoms with Crippen molar-refractivity contribution in [2.24, 2.45) is 0 Å². The summed E-state index contributed by atoms with van der Waals surface area (Å²) < 4.78 is 6.11. The maximum Gasteiger partial charge on any atom is 0.224 e. The number of halogens is 1. The lowest BCUT2D eigenvalue weighted by atomic mass is 10.3. The van der Waals surface area contributed by atoms with Gasteiger partial charge in [-0.25, -0.2) is 4.98 Å². The summed E-state index contributed by atoms with van der Waals surface area (Å²) in [5.41, 5.74) is 0.996. The Bertz CT molecular complexity index is 606. The number of hydrogen-bond donors (Lipinski definition) is 1. The van der Waals surface area contributed by atoms with Crippen LogP contribution in [0, 0.1) is 0 Å². The van der Waals surface area contributed by atoms with Gasteiger partial charge in [-0.2, -0.15) is 4.98 Å². The van der Waals surface area contributed by atoms with E-state index in [0.717, 1.165) is 34.7 Å². The second-order valence-corrected chi connectivity index (χ2v) is 5.41. The molecule has 0 radical (unpaired) electrons. The first-order valence-corrected chi connectivity index (χ1v) is 7.59. The number of anilines is 3. The highest BCUT2D eigenvalue weighted by molar-refractivity contribution is 9.10. The van der Waals surface area contributed by atoms with Crippen molar-refractivity contribution in [2.45, 2.75) is 13.3 Å². The van der Waals surface area contributed by atoms with E-state index in [9.17, 15) is 0 Å². The standard InChI is InChI=1S/C15H19BrN4O/c1-4-8-17-15-18-10-13(16)14(19-15)20(2)11-6-5-7-12(9-11)21-3/h5-7,9-10H,4,8H2,1-3H3,(H,17,18,19). The predicted octanol–water partition coefficient (Wildman–Crippen LogP) is 3.84. The van der Waals surface area contributed by atoms with E-state index in [1.165, 1.54) is 0 Å². The van der Waals surface area contributed by atoms with Crippen molar-refractivity contribution < 1.29 is 4.74 Å². The molecule has 0 aliphatic carbocycles. The number of nitrogens with zero attached hydrogens (tertiary/aromatic N) is 3. The summed E-state index contributed by atoms with van der Waals surface area (Å²) in [7, 11) is 3.62. The summed E-state index contributed by atoms with van der Waals surface area (Å²) in [6.07, 6.45) is 2.79. The molecule has 0 aliphatic rings. The van der Waals surface area contributed by atoms with E-state index in [1.54, 1.807) is 13.3 Å². The van der Waals surface area contributed by atoms with Gasteiger partial charge >= 0.3 is 0 Å². The van der Waals surface area contributed by atoms with E-state index in [2.05, 4.69) is 38.1 Å². The van der Waals surface area contributed by atoms with Gasteiger partial charge in [-0.05, 0) is 34.5 Å². The van der Waals surface area contributed by atoms with Gasteiger partial charge in [0, 0.05) is 31.5 Å². The van der Waals surface area contributed by atoms with E-state index in [4.69, 9.17) is 4.74 Å². The van der Waals surface area contributed by atoms with Crippen LogP contribution in [0.15, 0.2) is 34.9 Å². The summed E-state index contributed by atoms with van der Waals surface area (Å²) >= 11 is 3.51. The fourth-order valence-corrected chi connectivity index (χ4v) is 2.31. The van der Waals surface area contributed by atoms with Crippen molar-refractivity contribution in [3.8, 4) is 5.75 Å². The second kappa shape index (κ2) is 7.26. The molecular weight excluding hydrogens is 332 g/mol. The molecule has 0 fully saturated rings. The van der Waals surface area contributed by atoms with Crippen molar-refractivity contribution in [3.63, 3.8) is 0 Å². The van der Waals surface area contributed by atoms with Crippen LogP contribution in [-0.2, 0) is 0 Å². The molecule has 2 aromatic rings. The Hall–Kier alpha value is -1.82. The number of nitrogens with one attached hydrogen (secondary N) is 1.